The lowest BCUT2D eigenvalue weighted by atomic mass is 9.94. The van der Waals surface area contributed by atoms with Crippen molar-refractivity contribution in [2.45, 2.75) is 39.7 Å². The Morgan fingerprint density at radius 3 is 2.40 bits per heavy atom. The zero-order chi connectivity index (χ0) is 18.6. The van der Waals surface area contributed by atoms with E-state index < -0.39 is 0 Å². The van der Waals surface area contributed by atoms with Gasteiger partial charge in [0.05, 0.1) is 12.7 Å². The van der Waals surface area contributed by atoms with Gasteiger partial charge < -0.3 is 20.1 Å². The van der Waals surface area contributed by atoms with Gasteiger partial charge in [-0.1, -0.05) is 13.8 Å². The zero-order valence-electron chi connectivity index (χ0n) is 15.4. The summed E-state index contributed by atoms with van der Waals surface area (Å²) in [4.78, 5) is 26.6. The highest BCUT2D eigenvalue weighted by Crippen LogP contribution is 2.26. The van der Waals surface area contributed by atoms with E-state index in [2.05, 4.69) is 19.2 Å². The minimum atomic E-state index is -0.213. The van der Waals surface area contributed by atoms with Crippen molar-refractivity contribution in [1.29, 1.82) is 0 Å². The van der Waals surface area contributed by atoms with Crippen molar-refractivity contribution in [2.75, 3.05) is 20.2 Å². The van der Waals surface area contributed by atoms with E-state index in [4.69, 9.17) is 4.74 Å². The molecule has 1 aliphatic heterocycles. The lowest BCUT2D eigenvalue weighted by molar-refractivity contribution is -0.127. The molecule has 6 nitrogen and oxygen atoms in total. The second kappa shape index (κ2) is 8.23. The van der Waals surface area contributed by atoms with Crippen LogP contribution < -0.4 is 10.1 Å². The fourth-order valence-corrected chi connectivity index (χ4v) is 2.84. The minimum absolute atomic E-state index is 0.0604. The molecule has 1 fully saturated rings. The average molecular weight is 348 g/mol. The monoisotopic (exact) mass is 348 g/mol. The van der Waals surface area contributed by atoms with E-state index >= 15 is 0 Å². The van der Waals surface area contributed by atoms with Crippen LogP contribution in [0.25, 0.3) is 0 Å². The first-order chi connectivity index (χ1) is 11.8. The fraction of sp³-hybridized carbons (Fsp3) is 0.579. The predicted molar refractivity (Wildman–Crippen MR) is 95.7 cm³/mol. The van der Waals surface area contributed by atoms with Crippen molar-refractivity contribution in [1.82, 2.24) is 10.2 Å². The summed E-state index contributed by atoms with van der Waals surface area (Å²) in [5, 5.41) is 13.1. The summed E-state index contributed by atoms with van der Waals surface area (Å²) in [7, 11) is 1.51. The second-order valence-electron chi connectivity index (χ2n) is 6.99. The zero-order valence-corrected chi connectivity index (χ0v) is 15.4. The van der Waals surface area contributed by atoms with Crippen molar-refractivity contribution >= 4 is 11.8 Å². The van der Waals surface area contributed by atoms with Crippen molar-refractivity contribution in [3.05, 3.63) is 23.8 Å². The largest absolute Gasteiger partial charge is 0.507 e. The molecule has 1 aromatic rings. The normalized spacial score (nSPS) is 16.6. The second-order valence-corrected chi connectivity index (χ2v) is 6.99. The van der Waals surface area contributed by atoms with E-state index in [1.165, 1.54) is 13.2 Å². The van der Waals surface area contributed by atoms with Gasteiger partial charge >= 0.3 is 0 Å². The van der Waals surface area contributed by atoms with Gasteiger partial charge in [0.25, 0.3) is 5.91 Å². The molecule has 25 heavy (non-hydrogen) atoms. The fourth-order valence-electron chi connectivity index (χ4n) is 2.84. The molecule has 0 saturated carbocycles. The van der Waals surface area contributed by atoms with Crippen LogP contribution in [0.1, 0.15) is 44.0 Å². The van der Waals surface area contributed by atoms with Gasteiger partial charge in [0.1, 0.15) is 11.5 Å². The first-order valence-electron chi connectivity index (χ1n) is 8.80. The molecule has 138 valence electrons. The van der Waals surface area contributed by atoms with Gasteiger partial charge in [-0.3, -0.25) is 9.59 Å². The number of phenolic OH excluding ortho intramolecular Hbond substituents is 1. The van der Waals surface area contributed by atoms with E-state index in [1.54, 1.807) is 17.0 Å². The maximum atomic E-state index is 12.6. The van der Waals surface area contributed by atoms with Crippen LogP contribution in [0.5, 0.6) is 11.5 Å². The topological polar surface area (TPSA) is 78.9 Å². The first kappa shape index (κ1) is 19.1. The van der Waals surface area contributed by atoms with Crippen LogP contribution in [0.3, 0.4) is 0 Å². The van der Waals surface area contributed by atoms with Crippen LogP contribution >= 0.6 is 0 Å². The van der Waals surface area contributed by atoms with E-state index in [1.807, 2.05) is 6.92 Å². The molecule has 2 rings (SSSR count). The SMILES string of the molecule is COc1ccc(C(=O)N2CCC(C(=O)NC(C)C(C)C)CC2)c(O)c1. The van der Waals surface area contributed by atoms with Crippen molar-refractivity contribution < 1.29 is 19.4 Å². The van der Waals surface area contributed by atoms with Gasteiger partial charge in [0.15, 0.2) is 0 Å². The van der Waals surface area contributed by atoms with Gasteiger partial charge in [0, 0.05) is 31.1 Å². The summed E-state index contributed by atoms with van der Waals surface area (Å²) in [5.41, 5.74) is 0.261. The molecule has 2 amide bonds. The number of methoxy groups -OCH3 is 1. The van der Waals surface area contributed by atoms with Gasteiger partial charge in [0.2, 0.25) is 5.91 Å². The van der Waals surface area contributed by atoms with Crippen LogP contribution in [0.15, 0.2) is 18.2 Å². The highest BCUT2D eigenvalue weighted by atomic mass is 16.5. The number of rotatable bonds is 5. The van der Waals surface area contributed by atoms with Gasteiger partial charge in [-0.05, 0) is 37.8 Å². The van der Waals surface area contributed by atoms with Crippen LogP contribution in [0, 0.1) is 11.8 Å². The van der Waals surface area contributed by atoms with Crippen LogP contribution in [-0.2, 0) is 4.79 Å². The molecule has 0 radical (unpaired) electrons. The van der Waals surface area contributed by atoms with Crippen molar-refractivity contribution in [2.24, 2.45) is 11.8 Å². The molecule has 0 aromatic heterocycles. The van der Waals surface area contributed by atoms with E-state index in [0.717, 1.165) is 0 Å². The van der Waals surface area contributed by atoms with Crippen molar-refractivity contribution in [3.8, 4) is 11.5 Å². The molecule has 0 spiro atoms. The van der Waals surface area contributed by atoms with Gasteiger partial charge in [-0.2, -0.15) is 0 Å². The molecule has 1 aliphatic rings. The smallest absolute Gasteiger partial charge is 0.257 e. The third kappa shape index (κ3) is 4.65. The first-order valence-corrected chi connectivity index (χ1v) is 8.80. The van der Waals surface area contributed by atoms with E-state index in [9.17, 15) is 14.7 Å². The Balaban J connectivity index is 1.93. The number of likely N-dealkylation sites (tertiary alicyclic amines) is 1. The van der Waals surface area contributed by atoms with Crippen LogP contribution in [-0.4, -0.2) is 48.1 Å². The third-order valence-corrected chi connectivity index (χ3v) is 4.96. The van der Waals surface area contributed by atoms with Crippen LogP contribution in [0.2, 0.25) is 0 Å². The Morgan fingerprint density at radius 1 is 1.24 bits per heavy atom. The molecule has 0 aliphatic carbocycles. The maximum absolute atomic E-state index is 12.6. The molecule has 2 N–H and O–H groups in total. The van der Waals surface area contributed by atoms with Gasteiger partial charge in [-0.25, -0.2) is 0 Å². The molecule has 1 saturated heterocycles. The van der Waals surface area contributed by atoms with Crippen LogP contribution in [0.4, 0.5) is 0 Å². The number of carbonyl (C=O) groups is 2. The summed E-state index contributed by atoms with van der Waals surface area (Å²) in [6.45, 7) is 7.19. The average Bonchev–Trinajstić information content (AvgIpc) is 2.60. The van der Waals surface area contributed by atoms with E-state index in [0.29, 0.717) is 37.6 Å². The summed E-state index contributed by atoms with van der Waals surface area (Å²) >= 11 is 0. The Bertz CT molecular complexity index is 622. The number of aromatic hydroxyl groups is 1. The number of nitrogens with zero attached hydrogens (tertiary/aromatic N) is 1. The Hall–Kier alpha value is -2.24. The number of benzene rings is 1. The molecule has 6 heteroatoms. The molecule has 1 heterocycles. The molecule has 0 bridgehead atoms. The number of phenols is 1. The maximum Gasteiger partial charge on any atom is 0.257 e. The quantitative estimate of drug-likeness (QED) is 0.856. The Morgan fingerprint density at radius 2 is 1.88 bits per heavy atom. The molecule has 1 aromatic carbocycles. The molecular formula is C19H28N2O4. The lowest BCUT2D eigenvalue weighted by Gasteiger charge is -2.32. The summed E-state index contributed by atoms with van der Waals surface area (Å²) in [5.74, 6) is 0.604. The minimum Gasteiger partial charge on any atom is -0.507 e. The number of hydrogen-bond donors (Lipinski definition) is 2. The molecule has 1 unspecified atom stereocenters. The number of carbonyl (C=O) groups excluding carboxylic acids is 2. The highest BCUT2D eigenvalue weighted by Gasteiger charge is 2.29. The number of amides is 2. The summed E-state index contributed by atoms with van der Waals surface area (Å²) in [6.07, 6.45) is 1.28. The third-order valence-electron chi connectivity index (χ3n) is 4.96. The lowest BCUT2D eigenvalue weighted by Crippen LogP contribution is -2.45. The predicted octanol–water partition coefficient (Wildman–Crippen LogP) is 2.41. The number of hydrogen-bond acceptors (Lipinski definition) is 4. The van der Waals surface area contributed by atoms with E-state index in [-0.39, 0.29) is 35.1 Å². The number of nitrogens with one attached hydrogen (secondary N) is 1. The summed E-state index contributed by atoms with van der Waals surface area (Å²) in [6, 6.07) is 4.80. The van der Waals surface area contributed by atoms with Gasteiger partial charge in [-0.15, -0.1) is 0 Å². The number of piperidine rings is 1. The molecular weight excluding hydrogens is 320 g/mol. The summed E-state index contributed by atoms with van der Waals surface area (Å²) < 4.78 is 5.03. The Kier molecular flexibility index (Phi) is 6.28. The Labute approximate surface area is 149 Å². The highest BCUT2D eigenvalue weighted by molar-refractivity contribution is 5.97. The number of ether oxygens (including phenoxy) is 1. The standard InChI is InChI=1S/C19H28N2O4/c1-12(2)13(3)20-18(23)14-7-9-21(10-8-14)19(24)16-6-5-15(25-4)11-17(16)22/h5-6,11-14,22H,7-10H2,1-4H3,(H,20,23). The molecule has 1 atom stereocenters. The van der Waals surface area contributed by atoms with Crippen molar-refractivity contribution in [3.63, 3.8) is 0 Å².